The fourth-order valence-corrected chi connectivity index (χ4v) is 7.47. The second kappa shape index (κ2) is 15.6. The van der Waals surface area contributed by atoms with Gasteiger partial charge in [-0.05, 0) is 55.6 Å². The van der Waals surface area contributed by atoms with E-state index in [-0.39, 0.29) is 37.3 Å². The largest absolute Gasteiger partial charge is 0.387 e. The number of amides is 4. The molecule has 1 aromatic rings. The zero-order valence-electron chi connectivity index (χ0n) is 29.3. The monoisotopic (exact) mass is 697 g/mol. The van der Waals surface area contributed by atoms with Crippen LogP contribution in [0.5, 0.6) is 0 Å². The minimum Gasteiger partial charge on any atom is -0.387 e. The summed E-state index contributed by atoms with van der Waals surface area (Å²) >= 11 is 6.25. The Kier molecular flexibility index (Phi) is 11.7. The zero-order chi connectivity index (χ0) is 35.3. The smallest absolute Gasteiger partial charge is 0.289 e. The molecule has 1 saturated heterocycles. The molecule has 2 aliphatic heterocycles. The standard InChI is InChI=1S/C37H52ClN5O6/c1-5-11-27(31(45)34(47)39-26-16-17-26)40-33(46)29-21-37(20-28(42-49-37)24-14-10-15-25(38)19-24)22-43(29)35(48)32(36(2,3)4)41-30(44)18-23-12-8-6-7-9-13-23/h10,14-15,19,23,26-27,29,32H,5-9,11-13,16-18,20-22H2,1-4H3,(H,39,47)(H,40,46)(H,41,44)/t27-,29-,32+,37+/m0/s1. The van der Waals surface area contributed by atoms with E-state index in [0.717, 1.165) is 44.1 Å². The Morgan fingerprint density at radius 3 is 2.39 bits per heavy atom. The van der Waals surface area contributed by atoms with Gasteiger partial charge in [-0.3, -0.25) is 24.0 Å². The molecule has 12 heteroatoms. The first-order valence-corrected chi connectivity index (χ1v) is 18.4. The number of Topliss-reactive ketones (excluding diaryl/α,β-unsaturated/α-hetero) is 1. The summed E-state index contributed by atoms with van der Waals surface area (Å²) in [6.45, 7) is 7.60. The summed E-state index contributed by atoms with van der Waals surface area (Å²) in [7, 11) is 0. The Labute approximate surface area is 294 Å². The van der Waals surface area contributed by atoms with E-state index in [1.807, 2.05) is 39.8 Å². The van der Waals surface area contributed by atoms with E-state index in [1.165, 1.54) is 17.7 Å². The maximum atomic E-state index is 14.6. The molecule has 5 rings (SSSR count). The van der Waals surface area contributed by atoms with Crippen molar-refractivity contribution in [1.82, 2.24) is 20.9 Å². The molecule has 1 spiro atoms. The molecule has 3 fully saturated rings. The van der Waals surface area contributed by atoms with Crippen LogP contribution in [-0.2, 0) is 28.8 Å². The third-order valence-electron chi connectivity index (χ3n) is 10.2. The topological polar surface area (TPSA) is 146 Å². The highest BCUT2D eigenvalue weighted by Gasteiger charge is 2.55. The number of carbonyl (C=O) groups excluding carboxylic acids is 5. The molecule has 2 saturated carbocycles. The number of likely N-dealkylation sites (tertiary alicyclic amines) is 1. The Bertz CT molecular complexity index is 1450. The predicted octanol–water partition coefficient (Wildman–Crippen LogP) is 4.83. The van der Waals surface area contributed by atoms with Crippen molar-refractivity contribution >= 4 is 46.7 Å². The fourth-order valence-electron chi connectivity index (χ4n) is 7.28. The van der Waals surface area contributed by atoms with E-state index < -0.39 is 52.6 Å². The van der Waals surface area contributed by atoms with Gasteiger partial charge in [0.1, 0.15) is 12.1 Å². The first kappa shape index (κ1) is 36.8. The average molecular weight is 698 g/mol. The number of nitrogens with zero attached hydrogens (tertiary/aromatic N) is 2. The molecule has 49 heavy (non-hydrogen) atoms. The first-order valence-electron chi connectivity index (χ1n) is 18.0. The van der Waals surface area contributed by atoms with Crippen LogP contribution in [0, 0.1) is 11.3 Å². The lowest BCUT2D eigenvalue weighted by molar-refractivity contribution is -0.145. The van der Waals surface area contributed by atoms with E-state index in [2.05, 4.69) is 21.1 Å². The number of nitrogens with one attached hydrogen (secondary N) is 3. The van der Waals surface area contributed by atoms with Crippen molar-refractivity contribution in [3.63, 3.8) is 0 Å². The van der Waals surface area contributed by atoms with Crippen LogP contribution in [0.3, 0.4) is 0 Å². The van der Waals surface area contributed by atoms with Crippen molar-refractivity contribution in [3.8, 4) is 0 Å². The van der Waals surface area contributed by atoms with Crippen molar-refractivity contribution in [2.75, 3.05) is 6.54 Å². The molecule has 1 aromatic carbocycles. The van der Waals surface area contributed by atoms with Crippen LogP contribution in [0.25, 0.3) is 0 Å². The van der Waals surface area contributed by atoms with Crippen LogP contribution in [0.1, 0.15) is 117 Å². The number of ketones is 1. The van der Waals surface area contributed by atoms with Gasteiger partial charge in [0.05, 0.1) is 18.3 Å². The Morgan fingerprint density at radius 1 is 1.04 bits per heavy atom. The quantitative estimate of drug-likeness (QED) is 0.211. The molecule has 0 radical (unpaired) electrons. The minimum absolute atomic E-state index is 0.00228. The summed E-state index contributed by atoms with van der Waals surface area (Å²) in [6, 6.07) is 4.28. The molecule has 4 aliphatic rings. The van der Waals surface area contributed by atoms with Gasteiger partial charge in [0.15, 0.2) is 5.60 Å². The molecule has 4 atom stereocenters. The Morgan fingerprint density at radius 2 is 1.76 bits per heavy atom. The summed E-state index contributed by atoms with van der Waals surface area (Å²) < 4.78 is 0. The van der Waals surface area contributed by atoms with E-state index >= 15 is 0 Å². The number of benzene rings is 1. The molecule has 0 unspecified atom stereocenters. The summed E-state index contributed by atoms with van der Waals surface area (Å²) in [5.41, 5.74) is -0.247. The summed E-state index contributed by atoms with van der Waals surface area (Å²) in [6.07, 6.45) is 9.88. The van der Waals surface area contributed by atoms with Gasteiger partial charge in [-0.2, -0.15) is 0 Å². The lowest BCUT2D eigenvalue weighted by Crippen LogP contribution is -2.59. The van der Waals surface area contributed by atoms with Crippen LogP contribution < -0.4 is 16.0 Å². The van der Waals surface area contributed by atoms with Crippen molar-refractivity contribution in [3.05, 3.63) is 34.9 Å². The number of hydrogen-bond donors (Lipinski definition) is 3. The van der Waals surface area contributed by atoms with Crippen molar-refractivity contribution in [2.24, 2.45) is 16.5 Å². The highest BCUT2D eigenvalue weighted by Crippen LogP contribution is 2.40. The minimum atomic E-state index is -1.04. The second-order valence-corrected chi connectivity index (χ2v) is 16.0. The Balaban J connectivity index is 1.38. The summed E-state index contributed by atoms with van der Waals surface area (Å²) in [5, 5.41) is 13.5. The number of oxime groups is 1. The lowest BCUT2D eigenvalue weighted by Gasteiger charge is -2.36. The molecule has 0 aromatic heterocycles. The predicted molar refractivity (Wildman–Crippen MR) is 187 cm³/mol. The van der Waals surface area contributed by atoms with Gasteiger partial charge in [-0.25, -0.2) is 0 Å². The van der Waals surface area contributed by atoms with Crippen LogP contribution in [0.15, 0.2) is 29.4 Å². The van der Waals surface area contributed by atoms with Gasteiger partial charge in [0, 0.05) is 35.9 Å². The average Bonchev–Trinajstić information content (AvgIpc) is 3.73. The molecule has 2 heterocycles. The van der Waals surface area contributed by atoms with Crippen LogP contribution >= 0.6 is 11.6 Å². The molecular weight excluding hydrogens is 646 g/mol. The molecule has 3 N–H and O–H groups in total. The third kappa shape index (κ3) is 9.41. The van der Waals surface area contributed by atoms with Gasteiger partial charge in [0.25, 0.3) is 5.91 Å². The molecule has 4 amide bonds. The number of rotatable bonds is 12. The zero-order valence-corrected chi connectivity index (χ0v) is 30.1. The van der Waals surface area contributed by atoms with Crippen molar-refractivity contribution in [1.29, 1.82) is 0 Å². The maximum Gasteiger partial charge on any atom is 0.289 e. The molecule has 0 bridgehead atoms. The summed E-state index contributed by atoms with van der Waals surface area (Å²) in [5.74, 6) is -2.24. The highest BCUT2D eigenvalue weighted by molar-refractivity contribution is 6.38. The summed E-state index contributed by atoms with van der Waals surface area (Å²) in [4.78, 5) is 75.6. The van der Waals surface area contributed by atoms with Crippen LogP contribution in [-0.4, -0.2) is 76.3 Å². The molecule has 11 nitrogen and oxygen atoms in total. The van der Waals surface area contributed by atoms with E-state index in [1.54, 1.807) is 12.1 Å². The lowest BCUT2D eigenvalue weighted by atomic mass is 9.85. The van der Waals surface area contributed by atoms with E-state index in [4.69, 9.17) is 16.4 Å². The molecular formula is C37H52ClN5O6. The first-order chi connectivity index (χ1) is 23.3. The second-order valence-electron chi connectivity index (χ2n) is 15.6. The molecule has 2 aliphatic carbocycles. The van der Waals surface area contributed by atoms with Gasteiger partial charge in [-0.15, -0.1) is 0 Å². The van der Waals surface area contributed by atoms with Crippen molar-refractivity contribution < 1.29 is 28.8 Å². The van der Waals surface area contributed by atoms with Crippen molar-refractivity contribution in [2.45, 2.75) is 141 Å². The van der Waals surface area contributed by atoms with Gasteiger partial charge < -0.3 is 25.7 Å². The molecule has 268 valence electrons. The third-order valence-corrected chi connectivity index (χ3v) is 10.4. The Hall–Kier alpha value is -3.47. The van der Waals surface area contributed by atoms with Crippen LogP contribution in [0.4, 0.5) is 0 Å². The van der Waals surface area contributed by atoms with Crippen LogP contribution in [0.2, 0.25) is 5.02 Å². The normalized spacial score (nSPS) is 24.0. The van der Waals surface area contributed by atoms with Gasteiger partial charge >= 0.3 is 0 Å². The number of carbonyl (C=O) groups is 5. The van der Waals surface area contributed by atoms with Gasteiger partial charge in [0.2, 0.25) is 23.5 Å². The maximum absolute atomic E-state index is 14.6. The van der Waals surface area contributed by atoms with Gasteiger partial charge in [-0.1, -0.05) is 88.7 Å². The number of hydrogen-bond acceptors (Lipinski definition) is 7. The SMILES string of the molecule is CCC[C@H](NC(=O)[C@@H]1C[C@]2(CC(c3cccc(Cl)c3)=NO2)CN1C(=O)[C@@H](NC(=O)CC1CCCCCC1)C(C)(C)C)C(=O)C(=O)NC1CC1. The highest BCUT2D eigenvalue weighted by atomic mass is 35.5. The van der Waals surface area contributed by atoms with E-state index in [0.29, 0.717) is 30.0 Å². The number of halogens is 1. The fraction of sp³-hybridized carbons (Fsp3) is 0.676. The van der Waals surface area contributed by atoms with E-state index in [9.17, 15) is 24.0 Å².